The molecule has 0 amide bonds. The Bertz CT molecular complexity index is 621. The van der Waals surface area contributed by atoms with Gasteiger partial charge in [0.05, 0.1) is 9.50 Å². The van der Waals surface area contributed by atoms with Crippen LogP contribution in [0.5, 0.6) is 0 Å². The Balaban J connectivity index is 1.97. The maximum atomic E-state index is 5.99. The minimum absolute atomic E-state index is 0.490. The fraction of sp³-hybridized carbons (Fsp3) is 0.154. The average Bonchev–Trinajstić information content (AvgIpc) is 2.47. The minimum Gasteiger partial charge on any atom is -0.358 e. The molecule has 0 aromatic carbocycles. The first-order valence-electron chi connectivity index (χ1n) is 5.82. The zero-order valence-corrected chi connectivity index (χ0v) is 13.8. The molecular formula is C13H12BrClN4S. The molecule has 2 aromatic rings. The van der Waals surface area contributed by atoms with Gasteiger partial charge in [-0.2, -0.15) is 0 Å². The first kappa shape index (κ1) is 15.2. The van der Waals surface area contributed by atoms with E-state index in [-0.39, 0.29) is 0 Å². The third kappa shape index (κ3) is 3.88. The van der Waals surface area contributed by atoms with Crippen molar-refractivity contribution in [1.82, 2.24) is 15.3 Å². The monoisotopic (exact) mass is 370 g/mol. The molecule has 0 saturated heterocycles. The summed E-state index contributed by atoms with van der Waals surface area (Å²) in [6.45, 7) is 2.51. The van der Waals surface area contributed by atoms with Crippen molar-refractivity contribution < 1.29 is 0 Å². The van der Waals surface area contributed by atoms with Gasteiger partial charge in [0.2, 0.25) is 0 Å². The molecule has 0 aliphatic heterocycles. The summed E-state index contributed by atoms with van der Waals surface area (Å²) in [6.07, 6.45) is 5.11. The molecule has 20 heavy (non-hydrogen) atoms. The summed E-state index contributed by atoms with van der Waals surface area (Å²) in [5.41, 5.74) is 1.97. The molecule has 7 heteroatoms. The van der Waals surface area contributed by atoms with E-state index in [1.165, 1.54) is 0 Å². The maximum absolute atomic E-state index is 5.99. The molecule has 2 rings (SSSR count). The van der Waals surface area contributed by atoms with Crippen LogP contribution in [0.15, 0.2) is 35.2 Å². The zero-order valence-electron chi connectivity index (χ0n) is 10.7. The molecule has 2 aromatic heterocycles. The molecule has 104 valence electrons. The van der Waals surface area contributed by atoms with Crippen LogP contribution in [0.25, 0.3) is 0 Å². The lowest BCUT2D eigenvalue weighted by atomic mass is 10.3. The minimum atomic E-state index is 0.490. The number of anilines is 1. The Morgan fingerprint density at radius 2 is 2.25 bits per heavy atom. The Hall–Kier alpha value is -1.24. The molecule has 2 N–H and O–H groups in total. The van der Waals surface area contributed by atoms with Gasteiger partial charge >= 0.3 is 0 Å². The fourth-order valence-electron chi connectivity index (χ4n) is 1.48. The number of nitrogens with zero attached hydrogens (tertiary/aromatic N) is 2. The summed E-state index contributed by atoms with van der Waals surface area (Å²) in [5.74, 6) is 0.635. The van der Waals surface area contributed by atoms with Crippen molar-refractivity contribution >= 4 is 50.7 Å². The molecule has 0 bridgehead atoms. The first-order chi connectivity index (χ1) is 9.58. The van der Waals surface area contributed by atoms with Gasteiger partial charge in [-0.1, -0.05) is 17.7 Å². The highest BCUT2D eigenvalue weighted by Gasteiger charge is 2.09. The van der Waals surface area contributed by atoms with E-state index in [2.05, 4.69) is 36.5 Å². The van der Waals surface area contributed by atoms with Crippen LogP contribution >= 0.6 is 39.7 Å². The highest BCUT2D eigenvalue weighted by molar-refractivity contribution is 9.10. The van der Waals surface area contributed by atoms with Gasteiger partial charge in [-0.25, -0.2) is 4.98 Å². The van der Waals surface area contributed by atoms with Crippen LogP contribution in [0.1, 0.15) is 11.1 Å². The molecule has 0 aliphatic carbocycles. The molecule has 0 spiro atoms. The average molecular weight is 372 g/mol. The summed E-state index contributed by atoms with van der Waals surface area (Å²) in [7, 11) is 0. The van der Waals surface area contributed by atoms with Gasteiger partial charge in [0.1, 0.15) is 5.82 Å². The highest BCUT2D eigenvalue weighted by atomic mass is 79.9. The van der Waals surface area contributed by atoms with E-state index in [0.717, 1.165) is 15.6 Å². The summed E-state index contributed by atoms with van der Waals surface area (Å²) in [5, 5.41) is 7.22. The lowest BCUT2D eigenvalue weighted by molar-refractivity contribution is 0.915. The van der Waals surface area contributed by atoms with Crippen LogP contribution in [0, 0.1) is 6.92 Å². The van der Waals surface area contributed by atoms with Gasteiger partial charge in [0, 0.05) is 25.1 Å². The van der Waals surface area contributed by atoms with Gasteiger partial charge in [-0.05, 0) is 52.3 Å². The van der Waals surface area contributed by atoms with E-state index in [1.807, 2.05) is 19.1 Å². The number of hydrogen-bond donors (Lipinski definition) is 2. The van der Waals surface area contributed by atoms with Crippen molar-refractivity contribution in [2.75, 3.05) is 5.32 Å². The van der Waals surface area contributed by atoms with Crippen LogP contribution in [0.3, 0.4) is 0 Å². The van der Waals surface area contributed by atoms with Crippen molar-refractivity contribution in [1.29, 1.82) is 0 Å². The number of thiocarbonyl (C=S) groups is 1. The summed E-state index contributed by atoms with van der Waals surface area (Å²) < 4.78 is 0.801. The molecule has 0 aliphatic rings. The third-order valence-electron chi connectivity index (χ3n) is 2.61. The fourth-order valence-corrected chi connectivity index (χ4v) is 2.32. The molecule has 0 radical (unpaired) electrons. The normalized spacial score (nSPS) is 10.2. The van der Waals surface area contributed by atoms with Gasteiger partial charge in [-0.3, -0.25) is 4.98 Å². The quantitative estimate of drug-likeness (QED) is 0.806. The number of halogens is 2. The van der Waals surface area contributed by atoms with Crippen LogP contribution in [-0.2, 0) is 6.54 Å². The smallest absolute Gasteiger partial charge is 0.172 e. The van der Waals surface area contributed by atoms with Crippen molar-refractivity contribution in [3.63, 3.8) is 0 Å². The van der Waals surface area contributed by atoms with E-state index < -0.39 is 0 Å². The largest absolute Gasteiger partial charge is 0.358 e. The van der Waals surface area contributed by atoms with Crippen molar-refractivity contribution in [2.45, 2.75) is 13.5 Å². The van der Waals surface area contributed by atoms with Crippen molar-refractivity contribution in [3.05, 3.63) is 51.3 Å². The molecule has 0 unspecified atom stereocenters. The van der Waals surface area contributed by atoms with E-state index in [9.17, 15) is 0 Å². The standard InChI is InChI=1S/C13H12BrClN4S/c1-8-10(15)7-17-12(11(8)14)19-13(20)18-6-9-3-2-4-16-5-9/h2-5,7H,6H2,1H3,(H2,17,18,19,20). The Morgan fingerprint density at radius 3 is 2.95 bits per heavy atom. The van der Waals surface area contributed by atoms with Gasteiger partial charge in [0.25, 0.3) is 0 Å². The molecule has 0 fully saturated rings. The molecule has 0 saturated carbocycles. The second-order valence-electron chi connectivity index (χ2n) is 4.06. The van der Waals surface area contributed by atoms with Crippen molar-refractivity contribution in [3.8, 4) is 0 Å². The summed E-state index contributed by atoms with van der Waals surface area (Å²) >= 11 is 14.7. The lowest BCUT2D eigenvalue weighted by Crippen LogP contribution is -2.28. The molecule has 4 nitrogen and oxygen atoms in total. The van der Waals surface area contributed by atoms with E-state index in [0.29, 0.717) is 22.5 Å². The van der Waals surface area contributed by atoms with Crippen LogP contribution < -0.4 is 10.6 Å². The van der Waals surface area contributed by atoms with Crippen molar-refractivity contribution in [2.24, 2.45) is 0 Å². The Morgan fingerprint density at radius 1 is 1.45 bits per heavy atom. The predicted octanol–water partition coefficient (Wildman–Crippen LogP) is 3.69. The molecule has 0 atom stereocenters. The van der Waals surface area contributed by atoms with Gasteiger partial charge in [-0.15, -0.1) is 0 Å². The molecule has 2 heterocycles. The topological polar surface area (TPSA) is 49.8 Å². The third-order valence-corrected chi connectivity index (χ3v) is 4.21. The lowest BCUT2D eigenvalue weighted by Gasteiger charge is -2.12. The maximum Gasteiger partial charge on any atom is 0.172 e. The second-order valence-corrected chi connectivity index (χ2v) is 5.67. The van der Waals surface area contributed by atoms with E-state index in [1.54, 1.807) is 18.6 Å². The summed E-state index contributed by atoms with van der Waals surface area (Å²) in [4.78, 5) is 8.25. The van der Waals surface area contributed by atoms with Gasteiger partial charge < -0.3 is 10.6 Å². The number of rotatable bonds is 3. The number of pyridine rings is 2. The number of nitrogens with one attached hydrogen (secondary N) is 2. The van der Waals surface area contributed by atoms with Crippen LogP contribution in [-0.4, -0.2) is 15.1 Å². The van der Waals surface area contributed by atoms with Gasteiger partial charge in [0.15, 0.2) is 5.11 Å². The second kappa shape index (κ2) is 6.97. The number of aromatic nitrogens is 2. The van der Waals surface area contributed by atoms with E-state index in [4.69, 9.17) is 23.8 Å². The first-order valence-corrected chi connectivity index (χ1v) is 7.40. The Kier molecular flexibility index (Phi) is 5.28. The highest BCUT2D eigenvalue weighted by Crippen LogP contribution is 2.28. The molecular weight excluding hydrogens is 360 g/mol. The predicted molar refractivity (Wildman–Crippen MR) is 89.0 cm³/mol. The van der Waals surface area contributed by atoms with Crippen LogP contribution in [0.4, 0.5) is 5.82 Å². The van der Waals surface area contributed by atoms with E-state index >= 15 is 0 Å². The van der Waals surface area contributed by atoms with Crippen LogP contribution in [0.2, 0.25) is 5.02 Å². The summed E-state index contributed by atoms with van der Waals surface area (Å²) in [6, 6.07) is 3.86. The zero-order chi connectivity index (χ0) is 14.5. The SMILES string of the molecule is Cc1c(Cl)cnc(NC(=S)NCc2cccnc2)c1Br. The number of hydrogen-bond acceptors (Lipinski definition) is 3. The Labute approximate surface area is 136 Å².